The number of carboxylic acid groups (broad SMARTS) is 2. The molecule has 2 aromatic carbocycles. The summed E-state index contributed by atoms with van der Waals surface area (Å²) in [6, 6.07) is 13.1. The van der Waals surface area contributed by atoms with Crippen LogP contribution in [0.1, 0.15) is 63.8 Å². The minimum atomic E-state index is -1.06. The van der Waals surface area contributed by atoms with E-state index in [2.05, 4.69) is 32.9 Å². The number of hydrogen-bond acceptors (Lipinski definition) is 3. The van der Waals surface area contributed by atoms with E-state index in [0.717, 1.165) is 17.6 Å². The summed E-state index contributed by atoms with van der Waals surface area (Å²) in [5, 5.41) is 18.4. The van der Waals surface area contributed by atoms with Crippen LogP contribution in [0.4, 0.5) is 0 Å². The second kappa shape index (κ2) is 8.03. The van der Waals surface area contributed by atoms with Crippen LogP contribution in [-0.4, -0.2) is 46.0 Å². The number of allylic oxidation sites excluding steroid dienone is 2. The minimum absolute atomic E-state index is 0.0978. The van der Waals surface area contributed by atoms with Gasteiger partial charge in [-0.1, -0.05) is 56.7 Å². The van der Waals surface area contributed by atoms with Gasteiger partial charge in [-0.2, -0.15) is 0 Å². The number of hydrogen-bond donors (Lipinski definition) is 2. The van der Waals surface area contributed by atoms with E-state index in [4.69, 9.17) is 0 Å². The van der Waals surface area contributed by atoms with Gasteiger partial charge in [0.25, 0.3) is 5.91 Å². The van der Waals surface area contributed by atoms with E-state index in [1.54, 1.807) is 29.2 Å². The highest BCUT2D eigenvalue weighted by molar-refractivity contribution is 5.97. The molecule has 6 nitrogen and oxygen atoms in total. The first-order valence-electron chi connectivity index (χ1n) is 10.9. The lowest BCUT2D eigenvalue weighted by Gasteiger charge is -2.50. The van der Waals surface area contributed by atoms with E-state index in [1.165, 1.54) is 17.7 Å². The molecular formula is C27H27NO5. The van der Waals surface area contributed by atoms with Crippen LogP contribution < -0.4 is 0 Å². The molecule has 0 spiro atoms. The molecule has 4 rings (SSSR count). The Kier molecular flexibility index (Phi) is 5.48. The van der Waals surface area contributed by atoms with Crippen molar-refractivity contribution in [1.29, 1.82) is 0 Å². The quantitative estimate of drug-likeness (QED) is 0.647. The highest BCUT2D eigenvalue weighted by Crippen LogP contribution is 2.55. The normalized spacial score (nSPS) is 21.5. The Morgan fingerprint density at radius 2 is 1.48 bits per heavy atom. The Labute approximate surface area is 192 Å². The average Bonchev–Trinajstić information content (AvgIpc) is 2.78. The number of fused-ring (bicyclic) bond motifs is 1. The van der Waals surface area contributed by atoms with Gasteiger partial charge in [0, 0.05) is 29.5 Å². The molecule has 0 radical (unpaired) electrons. The van der Waals surface area contributed by atoms with Crippen molar-refractivity contribution in [2.75, 3.05) is 13.1 Å². The van der Waals surface area contributed by atoms with E-state index < -0.39 is 11.9 Å². The number of nitrogens with zero attached hydrogens (tertiary/aromatic N) is 1. The van der Waals surface area contributed by atoms with E-state index in [9.17, 15) is 24.6 Å². The molecule has 1 heterocycles. The predicted octanol–water partition coefficient (Wildman–Crippen LogP) is 4.99. The highest BCUT2D eigenvalue weighted by Gasteiger charge is 2.46. The molecule has 0 bridgehead atoms. The third kappa shape index (κ3) is 3.97. The number of carboxylic acids is 2. The molecule has 0 saturated heterocycles. The number of benzene rings is 2. The van der Waals surface area contributed by atoms with E-state index in [0.29, 0.717) is 18.7 Å². The standard InChI is InChI=1S/C27H27NO5/c1-26(2)21(17-7-9-18(10-8-17)24(30)31)11-13-27(3)16-28(14-12-22(26)27)23(29)19-5-4-6-20(15-19)25(32)33/h4-12,15H,13-14,16H2,1-3H3,(H,30,31)(H,32,33)/t27-/m1/s1. The van der Waals surface area contributed by atoms with Crippen LogP contribution in [-0.2, 0) is 0 Å². The number of aromatic carboxylic acids is 2. The van der Waals surface area contributed by atoms with Gasteiger partial charge in [0.1, 0.15) is 0 Å². The van der Waals surface area contributed by atoms with Gasteiger partial charge in [0.2, 0.25) is 0 Å². The minimum Gasteiger partial charge on any atom is -0.478 e. The van der Waals surface area contributed by atoms with Crippen LogP contribution in [0.25, 0.3) is 5.57 Å². The molecule has 2 N–H and O–H groups in total. The molecule has 1 aliphatic carbocycles. The molecule has 170 valence electrons. The molecule has 2 aromatic rings. The zero-order chi connectivity index (χ0) is 24.0. The van der Waals surface area contributed by atoms with Crippen molar-refractivity contribution < 1.29 is 24.6 Å². The molecule has 0 fully saturated rings. The maximum absolute atomic E-state index is 13.2. The summed E-state index contributed by atoms with van der Waals surface area (Å²) in [6.45, 7) is 7.49. The van der Waals surface area contributed by atoms with Crippen molar-refractivity contribution in [2.24, 2.45) is 10.8 Å². The second-order valence-electron chi connectivity index (χ2n) is 9.58. The van der Waals surface area contributed by atoms with Crippen molar-refractivity contribution in [3.63, 3.8) is 0 Å². The summed E-state index contributed by atoms with van der Waals surface area (Å²) in [6.07, 6.45) is 5.07. The number of amides is 1. The summed E-state index contributed by atoms with van der Waals surface area (Å²) >= 11 is 0. The summed E-state index contributed by atoms with van der Waals surface area (Å²) in [5.74, 6) is -2.17. The molecule has 0 unspecified atom stereocenters. The Hall–Kier alpha value is -3.67. The fourth-order valence-electron chi connectivity index (χ4n) is 5.32. The Morgan fingerprint density at radius 1 is 0.848 bits per heavy atom. The number of rotatable bonds is 4. The van der Waals surface area contributed by atoms with Crippen molar-refractivity contribution in [1.82, 2.24) is 4.90 Å². The van der Waals surface area contributed by atoms with Crippen molar-refractivity contribution >= 4 is 23.4 Å². The van der Waals surface area contributed by atoms with Gasteiger partial charge in [-0.25, -0.2) is 9.59 Å². The summed E-state index contributed by atoms with van der Waals surface area (Å²) in [5.41, 5.74) is 3.62. The van der Waals surface area contributed by atoms with Crippen molar-refractivity contribution in [2.45, 2.75) is 27.2 Å². The molecular weight excluding hydrogens is 418 g/mol. The van der Waals surface area contributed by atoms with Gasteiger partial charge in [0.05, 0.1) is 11.1 Å². The van der Waals surface area contributed by atoms with Gasteiger partial charge < -0.3 is 15.1 Å². The topological polar surface area (TPSA) is 94.9 Å². The third-order valence-corrected chi connectivity index (χ3v) is 6.90. The van der Waals surface area contributed by atoms with Crippen LogP contribution in [0.2, 0.25) is 0 Å². The fourth-order valence-corrected chi connectivity index (χ4v) is 5.32. The zero-order valence-electron chi connectivity index (χ0n) is 19.0. The molecule has 6 heteroatoms. The summed E-state index contributed by atoms with van der Waals surface area (Å²) in [7, 11) is 0. The average molecular weight is 446 g/mol. The van der Waals surface area contributed by atoms with Gasteiger partial charge in [-0.05, 0) is 47.9 Å². The fraction of sp³-hybridized carbons (Fsp3) is 0.296. The first kappa shape index (κ1) is 22.5. The number of carbonyl (C=O) groups is 3. The van der Waals surface area contributed by atoms with Crippen LogP contribution in [0, 0.1) is 10.8 Å². The molecule has 1 atom stereocenters. The molecule has 33 heavy (non-hydrogen) atoms. The molecule has 2 aliphatic rings. The SMILES string of the molecule is CC1(C)C(c2ccc(C(=O)O)cc2)=CC[C@]2(C)CN(C(=O)c3cccc(C(=O)O)c3)CC=C12. The number of carbonyl (C=O) groups excluding carboxylic acids is 1. The smallest absolute Gasteiger partial charge is 0.335 e. The summed E-state index contributed by atoms with van der Waals surface area (Å²) < 4.78 is 0. The van der Waals surface area contributed by atoms with Crippen LogP contribution in [0.5, 0.6) is 0 Å². The van der Waals surface area contributed by atoms with Crippen molar-refractivity contribution in [3.8, 4) is 0 Å². The van der Waals surface area contributed by atoms with E-state index in [-0.39, 0.29) is 27.9 Å². The zero-order valence-corrected chi connectivity index (χ0v) is 19.0. The molecule has 0 aromatic heterocycles. The largest absolute Gasteiger partial charge is 0.478 e. The van der Waals surface area contributed by atoms with E-state index >= 15 is 0 Å². The first-order valence-corrected chi connectivity index (χ1v) is 10.9. The third-order valence-electron chi connectivity index (χ3n) is 6.90. The first-order chi connectivity index (χ1) is 15.5. The van der Waals surface area contributed by atoms with E-state index in [1.807, 2.05) is 12.1 Å². The molecule has 0 saturated carbocycles. The van der Waals surface area contributed by atoms with Crippen LogP contribution in [0.15, 0.2) is 66.3 Å². The van der Waals surface area contributed by atoms with Crippen LogP contribution >= 0.6 is 0 Å². The Bertz CT molecular complexity index is 1210. The second-order valence-corrected chi connectivity index (χ2v) is 9.58. The maximum atomic E-state index is 13.2. The molecule has 1 aliphatic heterocycles. The summed E-state index contributed by atoms with van der Waals surface area (Å²) in [4.78, 5) is 37.4. The van der Waals surface area contributed by atoms with Crippen molar-refractivity contribution in [3.05, 3.63) is 88.5 Å². The lowest BCUT2D eigenvalue weighted by Crippen LogP contribution is -2.48. The monoisotopic (exact) mass is 445 g/mol. The van der Waals surface area contributed by atoms with Crippen LogP contribution in [0.3, 0.4) is 0 Å². The van der Waals surface area contributed by atoms with Gasteiger partial charge in [-0.3, -0.25) is 4.79 Å². The predicted molar refractivity (Wildman–Crippen MR) is 125 cm³/mol. The van der Waals surface area contributed by atoms with Gasteiger partial charge in [0.15, 0.2) is 0 Å². The Morgan fingerprint density at radius 3 is 2.12 bits per heavy atom. The maximum Gasteiger partial charge on any atom is 0.335 e. The van der Waals surface area contributed by atoms with Gasteiger partial charge in [-0.15, -0.1) is 0 Å². The highest BCUT2D eigenvalue weighted by atomic mass is 16.4. The lowest BCUT2D eigenvalue weighted by molar-refractivity contribution is 0.0676. The van der Waals surface area contributed by atoms with Gasteiger partial charge >= 0.3 is 11.9 Å². The lowest BCUT2D eigenvalue weighted by atomic mass is 9.58. The molecule has 1 amide bonds. The Balaban J connectivity index is 1.62.